The molecule has 2 amide bonds. The molecule has 5 nitrogen and oxygen atoms in total. The maximum Gasteiger partial charge on any atom is 0.255 e. The van der Waals surface area contributed by atoms with E-state index in [-0.39, 0.29) is 6.10 Å². The normalized spacial score (nSPS) is 11.2. The third kappa shape index (κ3) is 7.04. The molecule has 0 aliphatic carbocycles. The molecule has 128 valence electrons. The van der Waals surface area contributed by atoms with Gasteiger partial charge in [-0.3, -0.25) is 9.59 Å². The Morgan fingerprint density at radius 2 is 1.35 bits per heavy atom. The van der Waals surface area contributed by atoms with Gasteiger partial charge in [0.25, 0.3) is 11.8 Å². The van der Waals surface area contributed by atoms with Crippen LogP contribution in [0.15, 0.2) is 24.3 Å². The fourth-order valence-corrected chi connectivity index (χ4v) is 1.88. The number of carbonyl (C=O) groups is 2. The number of halogens is 4. The molecule has 0 radical (unpaired) electrons. The Balaban J connectivity index is 2.93. The number of rotatable bonds is 7. The fourth-order valence-electron chi connectivity index (χ4n) is 1.62. The van der Waals surface area contributed by atoms with Crippen LogP contribution >= 0.6 is 46.4 Å². The van der Waals surface area contributed by atoms with E-state index in [9.17, 15) is 9.59 Å². The van der Waals surface area contributed by atoms with E-state index in [2.05, 4.69) is 10.6 Å². The maximum absolute atomic E-state index is 11.7. The van der Waals surface area contributed by atoms with Gasteiger partial charge in [0.05, 0.1) is 6.10 Å². The van der Waals surface area contributed by atoms with Gasteiger partial charge in [-0.25, -0.2) is 0 Å². The van der Waals surface area contributed by atoms with E-state index in [1.54, 1.807) is 24.3 Å². The van der Waals surface area contributed by atoms with Crippen molar-refractivity contribution in [3.05, 3.63) is 29.8 Å². The summed E-state index contributed by atoms with van der Waals surface area (Å²) in [4.78, 5) is 20.8. The Labute approximate surface area is 154 Å². The number of carbonyl (C=O) groups excluding carboxylic acids is 2. The van der Waals surface area contributed by atoms with Crippen molar-refractivity contribution in [2.45, 2.75) is 35.8 Å². The smallest absolute Gasteiger partial charge is 0.255 e. The van der Waals surface area contributed by atoms with Crippen LogP contribution in [0.1, 0.15) is 25.6 Å². The Kier molecular flexibility index (Phi) is 8.26. The van der Waals surface area contributed by atoms with Crippen molar-refractivity contribution >= 4 is 58.2 Å². The highest BCUT2D eigenvalue weighted by Gasteiger charge is 2.22. The number of ether oxygens (including phenoxy) is 1. The predicted octanol–water partition coefficient (Wildman–Crippen LogP) is 3.31. The molecule has 2 N–H and O–H groups in total. The molecule has 0 spiro atoms. The summed E-state index contributed by atoms with van der Waals surface area (Å²) >= 11 is 22.0. The Morgan fingerprint density at radius 1 is 0.913 bits per heavy atom. The Hall–Kier alpha value is -0.880. The van der Waals surface area contributed by atoms with Crippen molar-refractivity contribution in [2.24, 2.45) is 0 Å². The van der Waals surface area contributed by atoms with E-state index in [0.717, 1.165) is 0 Å². The average Bonchev–Trinajstić information content (AvgIpc) is 2.46. The lowest BCUT2D eigenvalue weighted by atomic mass is 10.1. The molecule has 0 aromatic heterocycles. The van der Waals surface area contributed by atoms with Crippen molar-refractivity contribution in [1.29, 1.82) is 0 Å². The number of hydrogen-bond acceptors (Lipinski definition) is 3. The van der Waals surface area contributed by atoms with Crippen LogP contribution in [-0.4, -0.2) is 27.6 Å². The first-order chi connectivity index (χ1) is 10.7. The van der Waals surface area contributed by atoms with Crippen LogP contribution in [0.3, 0.4) is 0 Å². The van der Waals surface area contributed by atoms with E-state index in [1.807, 2.05) is 13.8 Å². The zero-order valence-corrected chi connectivity index (χ0v) is 15.4. The molecule has 0 aliphatic heterocycles. The number of amides is 2. The summed E-state index contributed by atoms with van der Waals surface area (Å²) in [6, 6.07) is 6.77. The van der Waals surface area contributed by atoms with E-state index < -0.39 is 27.7 Å². The van der Waals surface area contributed by atoms with Crippen LogP contribution in [0.2, 0.25) is 0 Å². The molecular weight excluding hydrogens is 386 g/mol. The van der Waals surface area contributed by atoms with E-state index in [0.29, 0.717) is 11.3 Å². The molecule has 0 bridgehead atoms. The minimum atomic E-state index is -1.28. The fraction of sp³-hybridized carbons (Fsp3) is 0.429. The summed E-state index contributed by atoms with van der Waals surface area (Å²) in [5.74, 6) is -0.677. The molecule has 9 heteroatoms. The average molecular weight is 402 g/mol. The van der Waals surface area contributed by atoms with Gasteiger partial charge in [-0.15, -0.1) is 0 Å². The zero-order chi connectivity index (χ0) is 17.6. The Bertz CT molecular complexity index is 513. The third-order valence-corrected chi connectivity index (χ3v) is 3.35. The maximum atomic E-state index is 11.7. The molecule has 1 rings (SSSR count). The third-order valence-electron chi connectivity index (χ3n) is 2.55. The number of alkyl halides is 4. The lowest BCUT2D eigenvalue weighted by molar-refractivity contribution is -0.122. The van der Waals surface area contributed by atoms with Crippen molar-refractivity contribution in [1.82, 2.24) is 10.6 Å². The SMILES string of the molecule is CC(C)Oc1ccc(C(NC(=O)C(Cl)Cl)NC(=O)C(Cl)Cl)cc1. The van der Waals surface area contributed by atoms with Crippen molar-refractivity contribution in [3.63, 3.8) is 0 Å². The summed E-state index contributed by atoms with van der Waals surface area (Å²) in [6.07, 6.45) is -0.860. The monoisotopic (exact) mass is 400 g/mol. The lowest BCUT2D eigenvalue weighted by Crippen LogP contribution is -2.44. The van der Waals surface area contributed by atoms with Gasteiger partial charge >= 0.3 is 0 Å². The molecule has 0 fully saturated rings. The molecule has 1 aromatic carbocycles. The van der Waals surface area contributed by atoms with Crippen LogP contribution in [0.5, 0.6) is 5.75 Å². The first-order valence-electron chi connectivity index (χ1n) is 6.64. The minimum Gasteiger partial charge on any atom is -0.491 e. The van der Waals surface area contributed by atoms with E-state index in [1.165, 1.54) is 0 Å². The Morgan fingerprint density at radius 3 is 1.70 bits per heavy atom. The molecule has 0 saturated carbocycles. The van der Waals surface area contributed by atoms with Gasteiger partial charge in [-0.05, 0) is 31.5 Å². The molecule has 1 aromatic rings. The lowest BCUT2D eigenvalue weighted by Gasteiger charge is -2.22. The van der Waals surface area contributed by atoms with Crippen molar-refractivity contribution < 1.29 is 14.3 Å². The van der Waals surface area contributed by atoms with Gasteiger partial charge in [-0.1, -0.05) is 58.5 Å². The van der Waals surface area contributed by atoms with Crippen molar-refractivity contribution in [2.75, 3.05) is 0 Å². The topological polar surface area (TPSA) is 67.4 Å². The first-order valence-corrected chi connectivity index (χ1v) is 8.39. The standard InChI is InChI=1S/C14H16Cl4N2O3/c1-7(2)23-9-5-3-8(4-6-9)12(19-13(21)10(15)16)20-14(22)11(17)18/h3-7,10-12H,1-2H3,(H,19,21)(H,20,22). The van der Waals surface area contributed by atoms with E-state index >= 15 is 0 Å². The van der Waals surface area contributed by atoms with Crippen LogP contribution in [0.25, 0.3) is 0 Å². The second-order valence-electron chi connectivity index (χ2n) is 4.79. The number of nitrogens with one attached hydrogen (secondary N) is 2. The molecule has 23 heavy (non-hydrogen) atoms. The van der Waals surface area contributed by atoms with Gasteiger partial charge in [-0.2, -0.15) is 0 Å². The molecule has 0 atom stereocenters. The van der Waals surface area contributed by atoms with Gasteiger partial charge in [0.2, 0.25) is 0 Å². The summed E-state index contributed by atoms with van der Waals surface area (Å²) in [5.41, 5.74) is 0.575. The van der Waals surface area contributed by atoms with E-state index in [4.69, 9.17) is 51.1 Å². The minimum absolute atomic E-state index is 0.0255. The summed E-state index contributed by atoms with van der Waals surface area (Å²) < 4.78 is 5.53. The molecule has 0 heterocycles. The van der Waals surface area contributed by atoms with Gasteiger partial charge < -0.3 is 15.4 Å². The highest BCUT2D eigenvalue weighted by Crippen LogP contribution is 2.19. The summed E-state index contributed by atoms with van der Waals surface area (Å²) in [6.45, 7) is 3.80. The predicted molar refractivity (Wildman–Crippen MR) is 92.2 cm³/mol. The second-order valence-corrected chi connectivity index (χ2v) is 6.98. The quantitative estimate of drug-likeness (QED) is 0.544. The van der Waals surface area contributed by atoms with Crippen LogP contribution in [0, 0.1) is 0 Å². The summed E-state index contributed by atoms with van der Waals surface area (Å²) in [5, 5.41) is 4.97. The highest BCUT2D eigenvalue weighted by atomic mass is 35.5. The van der Waals surface area contributed by atoms with Gasteiger partial charge in [0.1, 0.15) is 11.9 Å². The molecule has 0 unspecified atom stereocenters. The summed E-state index contributed by atoms with van der Waals surface area (Å²) in [7, 11) is 0. The van der Waals surface area contributed by atoms with Crippen LogP contribution < -0.4 is 15.4 Å². The largest absolute Gasteiger partial charge is 0.491 e. The molecular formula is C14H16Cl4N2O3. The second kappa shape index (κ2) is 9.42. The first kappa shape index (κ1) is 20.2. The molecule has 0 saturated heterocycles. The zero-order valence-electron chi connectivity index (χ0n) is 12.4. The number of hydrogen-bond donors (Lipinski definition) is 2. The number of benzene rings is 1. The highest BCUT2D eigenvalue weighted by molar-refractivity contribution is 6.54. The van der Waals surface area contributed by atoms with Gasteiger partial charge in [0, 0.05) is 0 Å². The van der Waals surface area contributed by atoms with Crippen molar-refractivity contribution in [3.8, 4) is 5.75 Å². The van der Waals surface area contributed by atoms with Crippen LogP contribution in [-0.2, 0) is 9.59 Å². The van der Waals surface area contributed by atoms with Gasteiger partial charge in [0.15, 0.2) is 9.67 Å². The molecule has 0 aliphatic rings. The van der Waals surface area contributed by atoms with Crippen LogP contribution in [0.4, 0.5) is 0 Å².